The van der Waals surface area contributed by atoms with Gasteiger partial charge in [0.05, 0.1) is 31.0 Å². The van der Waals surface area contributed by atoms with Crippen molar-refractivity contribution in [3.63, 3.8) is 0 Å². The molecule has 3 aromatic rings. The van der Waals surface area contributed by atoms with E-state index < -0.39 is 38.0 Å². The number of hydrogen-bond acceptors (Lipinski definition) is 9. The van der Waals surface area contributed by atoms with Crippen LogP contribution in [0.1, 0.15) is 31.4 Å². The molecule has 230 valence electrons. The summed E-state index contributed by atoms with van der Waals surface area (Å²) in [6.45, 7) is 3.69. The molecular weight excluding hydrogens is 597 g/mol. The molecule has 0 saturated carbocycles. The van der Waals surface area contributed by atoms with Crippen molar-refractivity contribution in [2.24, 2.45) is 0 Å². The van der Waals surface area contributed by atoms with Crippen molar-refractivity contribution in [1.29, 1.82) is 0 Å². The second-order valence-electron chi connectivity index (χ2n) is 9.08. The third-order valence-corrected chi connectivity index (χ3v) is 7.86. The lowest BCUT2D eigenvalue weighted by Crippen LogP contribution is -2.44. The average molecular weight is 632 g/mol. The van der Waals surface area contributed by atoms with Gasteiger partial charge in [-0.05, 0) is 43.2 Å². The molecule has 3 rings (SSSR count). The first-order valence-corrected chi connectivity index (χ1v) is 15.7. The van der Waals surface area contributed by atoms with Gasteiger partial charge in [-0.3, -0.25) is 9.36 Å². The maximum atomic E-state index is 13.1. The molecule has 11 nitrogen and oxygen atoms in total. The zero-order valence-corrected chi connectivity index (χ0v) is 25.6. The summed E-state index contributed by atoms with van der Waals surface area (Å²) in [6.07, 6.45) is -1.54. The van der Waals surface area contributed by atoms with Gasteiger partial charge in [0.2, 0.25) is 5.91 Å². The molecule has 0 fully saturated rings. The minimum Gasteiger partial charge on any atom is -0.459 e. The number of alkyl carbamates (subject to hydrolysis) is 1. The van der Waals surface area contributed by atoms with Crippen molar-refractivity contribution in [1.82, 2.24) is 5.32 Å². The second-order valence-corrected chi connectivity index (χ2v) is 11.6. The summed E-state index contributed by atoms with van der Waals surface area (Å²) in [7, 11) is -3.44. The molecule has 0 heterocycles. The van der Waals surface area contributed by atoms with E-state index in [-0.39, 0.29) is 38.4 Å². The van der Waals surface area contributed by atoms with Crippen LogP contribution in [0.15, 0.2) is 78.9 Å². The van der Waals surface area contributed by atoms with Gasteiger partial charge in [0.1, 0.15) is 25.5 Å². The van der Waals surface area contributed by atoms with E-state index in [2.05, 4.69) is 16.0 Å². The molecule has 2 amide bonds. The monoisotopic (exact) mass is 631 g/mol. The summed E-state index contributed by atoms with van der Waals surface area (Å²) >= 11 is 6.17. The van der Waals surface area contributed by atoms with Crippen LogP contribution in [-0.2, 0) is 45.9 Å². The SMILES string of the molecule is CCOP(=O)(CNc1ccc(Cl)cc1NC(=O)C[C@H](NC(=O)OCc1ccccc1)C(=O)OCc1ccccc1)OCC. The first-order valence-electron chi connectivity index (χ1n) is 13.6. The van der Waals surface area contributed by atoms with Crippen LogP contribution in [0.4, 0.5) is 16.2 Å². The van der Waals surface area contributed by atoms with E-state index in [9.17, 15) is 18.9 Å². The van der Waals surface area contributed by atoms with E-state index in [0.717, 1.165) is 11.1 Å². The number of ether oxygens (including phenoxy) is 2. The number of esters is 1. The number of amides is 2. The first kappa shape index (κ1) is 33.6. The highest BCUT2D eigenvalue weighted by Gasteiger charge is 2.27. The fourth-order valence-corrected chi connectivity index (χ4v) is 5.37. The van der Waals surface area contributed by atoms with Crippen LogP contribution in [0, 0.1) is 0 Å². The van der Waals surface area contributed by atoms with Gasteiger partial charge in [-0.1, -0.05) is 72.3 Å². The zero-order chi connectivity index (χ0) is 31.1. The van der Waals surface area contributed by atoms with E-state index >= 15 is 0 Å². The summed E-state index contributed by atoms with van der Waals surface area (Å²) in [5, 5.41) is 8.40. The van der Waals surface area contributed by atoms with E-state index in [1.54, 1.807) is 74.5 Å². The first-order chi connectivity index (χ1) is 20.7. The molecule has 0 bridgehead atoms. The van der Waals surface area contributed by atoms with Crippen LogP contribution >= 0.6 is 19.2 Å². The number of rotatable bonds is 16. The molecule has 0 radical (unpaired) electrons. The Morgan fingerprint density at radius 1 is 0.814 bits per heavy atom. The van der Waals surface area contributed by atoms with Gasteiger partial charge in [0.25, 0.3) is 0 Å². The summed E-state index contributed by atoms with van der Waals surface area (Å²) in [5.74, 6) is -1.46. The van der Waals surface area contributed by atoms with Crippen LogP contribution < -0.4 is 16.0 Å². The lowest BCUT2D eigenvalue weighted by atomic mass is 10.2. The Morgan fingerprint density at radius 2 is 1.40 bits per heavy atom. The van der Waals surface area contributed by atoms with Crippen molar-refractivity contribution in [3.8, 4) is 0 Å². The van der Waals surface area contributed by atoms with E-state index in [1.165, 1.54) is 6.07 Å². The van der Waals surface area contributed by atoms with Gasteiger partial charge < -0.3 is 34.5 Å². The summed E-state index contributed by atoms with van der Waals surface area (Å²) in [5.41, 5.74) is 2.12. The maximum Gasteiger partial charge on any atom is 0.408 e. The molecule has 0 saturated heterocycles. The van der Waals surface area contributed by atoms with Crippen LogP contribution in [0.25, 0.3) is 0 Å². The number of nitrogens with one attached hydrogen (secondary N) is 3. The average Bonchev–Trinajstić information content (AvgIpc) is 2.99. The predicted molar refractivity (Wildman–Crippen MR) is 164 cm³/mol. The molecule has 0 aliphatic heterocycles. The Hall–Kier alpha value is -3.89. The second kappa shape index (κ2) is 17.3. The summed E-state index contributed by atoms with van der Waals surface area (Å²) in [6, 6.07) is 21.3. The van der Waals surface area contributed by atoms with Gasteiger partial charge in [0.15, 0.2) is 0 Å². The fourth-order valence-electron chi connectivity index (χ4n) is 3.79. The van der Waals surface area contributed by atoms with Crippen molar-refractivity contribution in [3.05, 3.63) is 95.0 Å². The van der Waals surface area contributed by atoms with Crippen LogP contribution in [0.2, 0.25) is 5.02 Å². The van der Waals surface area contributed by atoms with E-state index in [1.807, 2.05) is 12.1 Å². The molecule has 0 unspecified atom stereocenters. The zero-order valence-electron chi connectivity index (χ0n) is 23.9. The molecule has 0 aliphatic carbocycles. The van der Waals surface area contributed by atoms with Gasteiger partial charge in [-0.15, -0.1) is 0 Å². The molecular formula is C30H35ClN3O8P. The van der Waals surface area contributed by atoms with Crippen molar-refractivity contribution in [2.45, 2.75) is 39.5 Å². The minimum atomic E-state index is -3.44. The molecule has 3 aromatic carbocycles. The number of anilines is 2. The normalized spacial score (nSPS) is 11.7. The van der Waals surface area contributed by atoms with Crippen molar-refractivity contribution in [2.75, 3.05) is 30.1 Å². The van der Waals surface area contributed by atoms with E-state index in [4.69, 9.17) is 30.1 Å². The van der Waals surface area contributed by atoms with Crippen molar-refractivity contribution >= 4 is 48.5 Å². The smallest absolute Gasteiger partial charge is 0.408 e. The number of carbonyl (C=O) groups excluding carboxylic acids is 3. The third-order valence-electron chi connectivity index (χ3n) is 5.77. The van der Waals surface area contributed by atoms with Gasteiger partial charge in [-0.25, -0.2) is 9.59 Å². The molecule has 0 spiro atoms. The lowest BCUT2D eigenvalue weighted by Gasteiger charge is -2.20. The number of benzene rings is 3. The quantitative estimate of drug-likeness (QED) is 0.122. The summed E-state index contributed by atoms with van der Waals surface area (Å²) in [4.78, 5) is 38.7. The largest absolute Gasteiger partial charge is 0.459 e. The Bertz CT molecular complexity index is 1380. The highest BCUT2D eigenvalue weighted by Crippen LogP contribution is 2.48. The topological polar surface area (TPSA) is 141 Å². The highest BCUT2D eigenvalue weighted by molar-refractivity contribution is 7.53. The standard InChI is InChI=1S/C30H35ClN3O8P/c1-3-41-43(38,42-4-2)21-32-25-16-15-24(31)17-26(25)33-28(35)18-27(29(36)39-19-22-11-7-5-8-12-22)34-30(37)40-20-23-13-9-6-10-14-23/h5-17,27,32H,3-4,18-21H2,1-2H3,(H,33,35)(H,34,37)/t27-/m0/s1. The van der Waals surface area contributed by atoms with Crippen LogP contribution in [-0.4, -0.2) is 43.5 Å². The Labute approximate surface area is 255 Å². The van der Waals surface area contributed by atoms with Gasteiger partial charge in [0, 0.05) is 5.02 Å². The molecule has 1 atom stereocenters. The van der Waals surface area contributed by atoms with Crippen molar-refractivity contribution < 1.29 is 37.5 Å². The Morgan fingerprint density at radius 3 is 1.98 bits per heavy atom. The van der Waals surface area contributed by atoms with Gasteiger partial charge >= 0.3 is 19.7 Å². The molecule has 0 aliphatic rings. The number of carbonyl (C=O) groups is 3. The van der Waals surface area contributed by atoms with Crippen LogP contribution in [0.3, 0.4) is 0 Å². The number of hydrogen-bond donors (Lipinski definition) is 3. The Balaban J connectivity index is 1.70. The maximum absolute atomic E-state index is 13.1. The molecule has 43 heavy (non-hydrogen) atoms. The van der Waals surface area contributed by atoms with Crippen LogP contribution in [0.5, 0.6) is 0 Å². The molecule has 3 N–H and O–H groups in total. The summed E-state index contributed by atoms with van der Waals surface area (Å²) < 4.78 is 34.1. The fraction of sp³-hybridized carbons (Fsp3) is 0.300. The number of halogens is 1. The lowest BCUT2D eigenvalue weighted by molar-refractivity contribution is -0.148. The predicted octanol–water partition coefficient (Wildman–Crippen LogP) is 6.34. The highest BCUT2D eigenvalue weighted by atomic mass is 35.5. The molecule has 13 heteroatoms. The third kappa shape index (κ3) is 11.7. The molecule has 0 aromatic heterocycles. The van der Waals surface area contributed by atoms with E-state index in [0.29, 0.717) is 10.7 Å². The van der Waals surface area contributed by atoms with Gasteiger partial charge in [-0.2, -0.15) is 0 Å². The minimum absolute atomic E-state index is 0.0322. The Kier molecular flexibility index (Phi) is 13.5.